The molecule has 0 saturated heterocycles. The van der Waals surface area contributed by atoms with Gasteiger partial charge >= 0.3 is 0 Å². The fourth-order valence-corrected chi connectivity index (χ4v) is 1.51. The molecular formula is C8H13N3S. The quantitative estimate of drug-likeness (QED) is 0.528. The van der Waals surface area contributed by atoms with E-state index in [1.807, 2.05) is 24.6 Å². The highest BCUT2D eigenvalue weighted by Crippen LogP contribution is 2.21. The van der Waals surface area contributed by atoms with Gasteiger partial charge in [0.15, 0.2) is 5.16 Å². The summed E-state index contributed by atoms with van der Waals surface area (Å²) in [6.45, 7) is 7.74. The SMILES string of the molecule is C=CC(C)Sc1nnc(C)n1C. The van der Waals surface area contributed by atoms with Crippen LogP contribution in [0.1, 0.15) is 12.7 Å². The van der Waals surface area contributed by atoms with Gasteiger partial charge in [0.1, 0.15) is 5.82 Å². The first-order valence-corrected chi connectivity index (χ1v) is 4.68. The Hall–Kier alpha value is -0.770. The Labute approximate surface area is 76.9 Å². The summed E-state index contributed by atoms with van der Waals surface area (Å²) in [5, 5.41) is 9.32. The molecule has 0 amide bonds. The average molecular weight is 183 g/mol. The highest BCUT2D eigenvalue weighted by molar-refractivity contribution is 7.99. The number of aromatic nitrogens is 3. The first-order chi connectivity index (χ1) is 5.65. The van der Waals surface area contributed by atoms with Crippen LogP contribution in [0.5, 0.6) is 0 Å². The predicted molar refractivity (Wildman–Crippen MR) is 51.3 cm³/mol. The summed E-state index contributed by atoms with van der Waals surface area (Å²) >= 11 is 1.66. The minimum atomic E-state index is 0.382. The molecule has 0 aliphatic heterocycles. The van der Waals surface area contributed by atoms with E-state index in [9.17, 15) is 0 Å². The van der Waals surface area contributed by atoms with Crippen molar-refractivity contribution in [1.82, 2.24) is 14.8 Å². The molecule has 66 valence electrons. The number of thioether (sulfide) groups is 1. The van der Waals surface area contributed by atoms with Crippen LogP contribution >= 0.6 is 11.8 Å². The fraction of sp³-hybridized carbons (Fsp3) is 0.500. The molecular weight excluding hydrogens is 170 g/mol. The van der Waals surface area contributed by atoms with Crippen molar-refractivity contribution in [3.05, 3.63) is 18.5 Å². The summed E-state index contributed by atoms with van der Waals surface area (Å²) in [4.78, 5) is 0. The van der Waals surface area contributed by atoms with E-state index in [4.69, 9.17) is 0 Å². The minimum Gasteiger partial charge on any atom is -0.309 e. The Morgan fingerprint density at radius 1 is 1.58 bits per heavy atom. The number of aryl methyl sites for hydroxylation is 1. The van der Waals surface area contributed by atoms with Crippen molar-refractivity contribution in [3.8, 4) is 0 Å². The molecule has 0 saturated carbocycles. The van der Waals surface area contributed by atoms with Gasteiger partial charge in [-0.05, 0) is 13.8 Å². The van der Waals surface area contributed by atoms with Crippen LogP contribution < -0.4 is 0 Å². The van der Waals surface area contributed by atoms with Crippen molar-refractivity contribution in [1.29, 1.82) is 0 Å². The Morgan fingerprint density at radius 2 is 2.25 bits per heavy atom. The molecule has 0 aliphatic rings. The van der Waals surface area contributed by atoms with Crippen LogP contribution in [0.15, 0.2) is 17.8 Å². The maximum Gasteiger partial charge on any atom is 0.191 e. The maximum atomic E-state index is 4.03. The largest absolute Gasteiger partial charge is 0.309 e. The number of nitrogens with zero attached hydrogens (tertiary/aromatic N) is 3. The van der Waals surface area contributed by atoms with E-state index < -0.39 is 0 Å². The van der Waals surface area contributed by atoms with Gasteiger partial charge in [0, 0.05) is 12.3 Å². The fourth-order valence-electron chi connectivity index (χ4n) is 0.705. The van der Waals surface area contributed by atoms with Gasteiger partial charge in [-0.2, -0.15) is 0 Å². The smallest absolute Gasteiger partial charge is 0.191 e. The zero-order chi connectivity index (χ0) is 9.14. The summed E-state index contributed by atoms with van der Waals surface area (Å²) in [6.07, 6.45) is 1.90. The number of hydrogen-bond donors (Lipinski definition) is 0. The molecule has 12 heavy (non-hydrogen) atoms. The lowest BCUT2D eigenvalue weighted by Crippen LogP contribution is -1.97. The second kappa shape index (κ2) is 3.76. The van der Waals surface area contributed by atoms with E-state index in [1.54, 1.807) is 11.8 Å². The first kappa shape index (κ1) is 9.32. The summed E-state index contributed by atoms with van der Waals surface area (Å²) in [7, 11) is 1.97. The molecule has 1 rings (SSSR count). The molecule has 0 fully saturated rings. The Bertz CT molecular complexity index is 280. The molecule has 1 heterocycles. The molecule has 1 aromatic rings. The van der Waals surface area contributed by atoms with Gasteiger partial charge in [0.05, 0.1) is 0 Å². The zero-order valence-corrected chi connectivity index (χ0v) is 8.43. The average Bonchev–Trinajstić information content (AvgIpc) is 2.36. The van der Waals surface area contributed by atoms with Crippen LogP contribution in [0.25, 0.3) is 0 Å². The van der Waals surface area contributed by atoms with E-state index in [2.05, 4.69) is 23.7 Å². The molecule has 0 bridgehead atoms. The van der Waals surface area contributed by atoms with Crippen molar-refractivity contribution in [2.45, 2.75) is 24.3 Å². The molecule has 0 N–H and O–H groups in total. The highest BCUT2D eigenvalue weighted by atomic mass is 32.2. The van der Waals surface area contributed by atoms with Crippen LogP contribution in [-0.2, 0) is 7.05 Å². The lowest BCUT2D eigenvalue weighted by atomic mass is 10.5. The molecule has 0 radical (unpaired) electrons. The van der Waals surface area contributed by atoms with E-state index in [-0.39, 0.29) is 0 Å². The van der Waals surface area contributed by atoms with Gasteiger partial charge < -0.3 is 4.57 Å². The van der Waals surface area contributed by atoms with Crippen molar-refractivity contribution in [3.63, 3.8) is 0 Å². The summed E-state index contributed by atoms with van der Waals surface area (Å²) in [5.74, 6) is 0.939. The third kappa shape index (κ3) is 1.88. The number of hydrogen-bond acceptors (Lipinski definition) is 3. The van der Waals surface area contributed by atoms with Gasteiger partial charge in [-0.25, -0.2) is 0 Å². The van der Waals surface area contributed by atoms with E-state index >= 15 is 0 Å². The van der Waals surface area contributed by atoms with Gasteiger partial charge in [0.25, 0.3) is 0 Å². The molecule has 1 atom stereocenters. The van der Waals surface area contributed by atoms with Crippen molar-refractivity contribution in [2.75, 3.05) is 0 Å². The topological polar surface area (TPSA) is 30.7 Å². The predicted octanol–water partition coefficient (Wildman–Crippen LogP) is 1.79. The summed E-state index contributed by atoms with van der Waals surface area (Å²) < 4.78 is 1.98. The normalized spacial score (nSPS) is 12.9. The molecule has 1 unspecified atom stereocenters. The van der Waals surface area contributed by atoms with Crippen molar-refractivity contribution >= 4 is 11.8 Å². The van der Waals surface area contributed by atoms with Crippen LogP contribution in [0, 0.1) is 6.92 Å². The van der Waals surface area contributed by atoms with Gasteiger partial charge in [0.2, 0.25) is 0 Å². The molecule has 4 heteroatoms. The lowest BCUT2D eigenvalue weighted by Gasteiger charge is -2.03. The monoisotopic (exact) mass is 183 g/mol. The second-order valence-electron chi connectivity index (χ2n) is 2.65. The first-order valence-electron chi connectivity index (χ1n) is 3.80. The third-order valence-corrected chi connectivity index (χ3v) is 2.81. The van der Waals surface area contributed by atoms with E-state index in [0.29, 0.717) is 5.25 Å². The third-order valence-electron chi connectivity index (χ3n) is 1.68. The van der Waals surface area contributed by atoms with Gasteiger partial charge in [-0.1, -0.05) is 17.8 Å². The molecule has 0 spiro atoms. The van der Waals surface area contributed by atoms with Crippen LogP contribution in [0.2, 0.25) is 0 Å². The summed E-state index contributed by atoms with van der Waals surface area (Å²) in [6, 6.07) is 0. The molecule has 1 aromatic heterocycles. The minimum absolute atomic E-state index is 0.382. The Balaban J connectivity index is 2.75. The second-order valence-corrected chi connectivity index (χ2v) is 3.99. The maximum absolute atomic E-state index is 4.03. The molecule has 0 aromatic carbocycles. The van der Waals surface area contributed by atoms with Gasteiger partial charge in [-0.3, -0.25) is 0 Å². The van der Waals surface area contributed by atoms with E-state index in [0.717, 1.165) is 11.0 Å². The van der Waals surface area contributed by atoms with Crippen LogP contribution in [0.3, 0.4) is 0 Å². The van der Waals surface area contributed by atoms with Crippen molar-refractivity contribution in [2.24, 2.45) is 7.05 Å². The zero-order valence-electron chi connectivity index (χ0n) is 7.61. The highest BCUT2D eigenvalue weighted by Gasteiger charge is 2.07. The van der Waals surface area contributed by atoms with Crippen molar-refractivity contribution < 1.29 is 0 Å². The molecule has 3 nitrogen and oxygen atoms in total. The Kier molecular flexibility index (Phi) is 2.92. The number of rotatable bonds is 3. The Morgan fingerprint density at radius 3 is 2.67 bits per heavy atom. The summed E-state index contributed by atoms with van der Waals surface area (Å²) in [5.41, 5.74) is 0. The molecule has 0 aliphatic carbocycles. The van der Waals surface area contributed by atoms with E-state index in [1.165, 1.54) is 0 Å². The lowest BCUT2D eigenvalue weighted by molar-refractivity contribution is 0.764. The van der Waals surface area contributed by atoms with Crippen LogP contribution in [0.4, 0.5) is 0 Å². The standard InChI is InChI=1S/C8H13N3S/c1-5-6(2)12-8-10-9-7(3)11(8)4/h5-6H,1H2,2-4H3. The van der Waals surface area contributed by atoms with Gasteiger partial charge in [-0.15, -0.1) is 16.8 Å². The van der Waals surface area contributed by atoms with Crippen LogP contribution in [-0.4, -0.2) is 20.0 Å².